The van der Waals surface area contributed by atoms with Gasteiger partial charge in [-0.1, -0.05) is 42.6 Å². The quantitative estimate of drug-likeness (QED) is 0.704. The molecule has 0 bridgehead atoms. The summed E-state index contributed by atoms with van der Waals surface area (Å²) < 4.78 is 38.2. The van der Waals surface area contributed by atoms with Crippen LogP contribution < -0.4 is 5.32 Å². The van der Waals surface area contributed by atoms with E-state index in [0.717, 1.165) is 25.3 Å². The van der Waals surface area contributed by atoms with Crippen molar-refractivity contribution in [2.75, 3.05) is 6.54 Å². The van der Waals surface area contributed by atoms with Crippen LogP contribution in [0.2, 0.25) is 0 Å². The molecule has 0 saturated carbocycles. The van der Waals surface area contributed by atoms with Gasteiger partial charge >= 0.3 is 6.18 Å². The fraction of sp³-hybridized carbons (Fsp3) is 0.533. The van der Waals surface area contributed by atoms with E-state index in [-0.39, 0.29) is 10.0 Å². The van der Waals surface area contributed by atoms with E-state index in [9.17, 15) is 18.0 Å². The molecule has 0 aromatic heterocycles. The molecule has 21 heavy (non-hydrogen) atoms. The normalized spacial score (nSPS) is 11.8. The third kappa shape index (κ3) is 6.08. The standard InChI is InChI=1S/C15H19BrF3NO/c1-10(2)5-3-4-8-20-14(21)11-6-7-13(16)12(9-11)15(17,18)19/h6-7,9-10H,3-5,8H2,1-2H3,(H,20,21). The maximum Gasteiger partial charge on any atom is 0.417 e. The molecule has 0 saturated heterocycles. The molecule has 0 aliphatic heterocycles. The minimum Gasteiger partial charge on any atom is -0.352 e. The number of amides is 1. The molecule has 118 valence electrons. The van der Waals surface area contributed by atoms with Crippen molar-refractivity contribution in [2.24, 2.45) is 5.92 Å². The summed E-state index contributed by atoms with van der Waals surface area (Å²) >= 11 is 2.85. The Morgan fingerprint density at radius 1 is 1.29 bits per heavy atom. The summed E-state index contributed by atoms with van der Waals surface area (Å²) in [6.07, 6.45) is -1.59. The van der Waals surface area contributed by atoms with Gasteiger partial charge in [0.05, 0.1) is 5.56 Å². The molecule has 6 heteroatoms. The van der Waals surface area contributed by atoms with Crippen molar-refractivity contribution in [3.05, 3.63) is 33.8 Å². The molecule has 1 amide bonds. The summed E-state index contributed by atoms with van der Waals surface area (Å²) in [6.45, 7) is 4.72. The molecule has 0 aliphatic rings. The first-order valence-electron chi connectivity index (χ1n) is 6.86. The minimum absolute atomic E-state index is 0.0226. The third-order valence-electron chi connectivity index (χ3n) is 3.03. The number of nitrogens with one attached hydrogen (secondary N) is 1. The van der Waals surface area contributed by atoms with Crippen molar-refractivity contribution in [2.45, 2.75) is 39.3 Å². The molecule has 1 N–H and O–H groups in total. The van der Waals surface area contributed by atoms with Crippen molar-refractivity contribution in [3.8, 4) is 0 Å². The van der Waals surface area contributed by atoms with E-state index in [2.05, 4.69) is 35.1 Å². The zero-order valence-electron chi connectivity index (χ0n) is 12.1. The summed E-state index contributed by atoms with van der Waals surface area (Å²) in [4.78, 5) is 11.8. The highest BCUT2D eigenvalue weighted by molar-refractivity contribution is 9.10. The number of alkyl halides is 3. The first-order valence-corrected chi connectivity index (χ1v) is 7.66. The van der Waals surface area contributed by atoms with Crippen LogP contribution in [0.4, 0.5) is 13.2 Å². The molecule has 0 atom stereocenters. The highest BCUT2D eigenvalue weighted by atomic mass is 79.9. The number of carbonyl (C=O) groups excluding carboxylic acids is 1. The maximum atomic E-state index is 12.8. The highest BCUT2D eigenvalue weighted by Gasteiger charge is 2.33. The van der Waals surface area contributed by atoms with Gasteiger partial charge in [-0.3, -0.25) is 4.79 Å². The molecule has 0 unspecified atom stereocenters. The second kappa shape index (κ2) is 7.82. The second-order valence-corrected chi connectivity index (χ2v) is 6.19. The number of benzene rings is 1. The average molecular weight is 366 g/mol. The van der Waals surface area contributed by atoms with Crippen LogP contribution in [0.25, 0.3) is 0 Å². The van der Waals surface area contributed by atoms with Crippen LogP contribution in [0.1, 0.15) is 49.0 Å². The van der Waals surface area contributed by atoms with Crippen molar-refractivity contribution < 1.29 is 18.0 Å². The van der Waals surface area contributed by atoms with Crippen molar-refractivity contribution in [3.63, 3.8) is 0 Å². The van der Waals surface area contributed by atoms with Gasteiger partial charge in [-0.25, -0.2) is 0 Å². The van der Waals surface area contributed by atoms with Crippen LogP contribution in [0.3, 0.4) is 0 Å². The van der Waals surface area contributed by atoms with Crippen LogP contribution in [-0.2, 0) is 6.18 Å². The zero-order chi connectivity index (χ0) is 16.0. The van der Waals surface area contributed by atoms with Gasteiger partial charge in [0.25, 0.3) is 5.91 Å². The molecule has 1 rings (SSSR count). The zero-order valence-corrected chi connectivity index (χ0v) is 13.6. The third-order valence-corrected chi connectivity index (χ3v) is 3.72. The Bertz CT molecular complexity index is 486. The van der Waals surface area contributed by atoms with Gasteiger partial charge in [-0.2, -0.15) is 13.2 Å². The smallest absolute Gasteiger partial charge is 0.352 e. The molecule has 0 aliphatic carbocycles. The fourth-order valence-electron chi connectivity index (χ4n) is 1.87. The second-order valence-electron chi connectivity index (χ2n) is 5.34. The number of unbranched alkanes of at least 4 members (excludes halogenated alkanes) is 1. The molecule has 0 heterocycles. The predicted molar refractivity (Wildman–Crippen MR) is 80.2 cm³/mol. The van der Waals surface area contributed by atoms with E-state index >= 15 is 0 Å². The van der Waals surface area contributed by atoms with E-state index in [0.29, 0.717) is 12.5 Å². The van der Waals surface area contributed by atoms with Crippen molar-refractivity contribution in [1.82, 2.24) is 5.32 Å². The molecule has 0 fully saturated rings. The Balaban J connectivity index is 2.59. The number of rotatable bonds is 6. The van der Waals surface area contributed by atoms with Crippen LogP contribution in [0, 0.1) is 5.92 Å². The van der Waals surface area contributed by atoms with E-state index in [1.807, 2.05) is 0 Å². The average Bonchev–Trinajstić information content (AvgIpc) is 2.36. The van der Waals surface area contributed by atoms with Gasteiger partial charge < -0.3 is 5.32 Å². The van der Waals surface area contributed by atoms with Crippen molar-refractivity contribution >= 4 is 21.8 Å². The summed E-state index contributed by atoms with van der Waals surface area (Å²) in [6, 6.07) is 3.49. The topological polar surface area (TPSA) is 29.1 Å². The first kappa shape index (κ1) is 18.0. The Kier molecular flexibility index (Phi) is 6.71. The Morgan fingerprint density at radius 3 is 2.52 bits per heavy atom. The summed E-state index contributed by atoms with van der Waals surface area (Å²) in [7, 11) is 0. The largest absolute Gasteiger partial charge is 0.417 e. The molecular weight excluding hydrogens is 347 g/mol. The molecule has 1 aromatic rings. The van der Waals surface area contributed by atoms with Gasteiger partial charge in [-0.15, -0.1) is 0 Å². The lowest BCUT2D eigenvalue weighted by atomic mass is 10.1. The van der Waals surface area contributed by atoms with E-state index in [4.69, 9.17) is 0 Å². The van der Waals surface area contributed by atoms with E-state index in [1.165, 1.54) is 12.1 Å². The highest BCUT2D eigenvalue weighted by Crippen LogP contribution is 2.35. The lowest BCUT2D eigenvalue weighted by molar-refractivity contribution is -0.138. The van der Waals surface area contributed by atoms with Crippen LogP contribution in [0.15, 0.2) is 22.7 Å². The predicted octanol–water partition coefficient (Wildman–Crippen LogP) is 5.02. The molecule has 1 aromatic carbocycles. The number of hydrogen-bond acceptors (Lipinski definition) is 1. The summed E-state index contributed by atoms with van der Waals surface area (Å²) in [5.41, 5.74) is -0.815. The SMILES string of the molecule is CC(C)CCCCNC(=O)c1ccc(Br)c(C(F)(F)F)c1. The number of halogens is 4. The van der Waals surface area contributed by atoms with Crippen LogP contribution in [0.5, 0.6) is 0 Å². The van der Waals surface area contributed by atoms with Gasteiger partial charge in [0.2, 0.25) is 0 Å². The lowest BCUT2D eigenvalue weighted by Gasteiger charge is -2.11. The Morgan fingerprint density at radius 2 is 1.95 bits per heavy atom. The lowest BCUT2D eigenvalue weighted by Crippen LogP contribution is -2.25. The van der Waals surface area contributed by atoms with Gasteiger partial charge in [0.1, 0.15) is 0 Å². The van der Waals surface area contributed by atoms with E-state index < -0.39 is 17.6 Å². The van der Waals surface area contributed by atoms with Crippen molar-refractivity contribution in [1.29, 1.82) is 0 Å². The van der Waals surface area contributed by atoms with E-state index in [1.54, 1.807) is 0 Å². The van der Waals surface area contributed by atoms with Crippen LogP contribution >= 0.6 is 15.9 Å². The fourth-order valence-corrected chi connectivity index (χ4v) is 2.34. The first-order chi connectivity index (χ1) is 9.71. The molecular formula is C15H19BrF3NO. The Labute approximate surface area is 131 Å². The Hall–Kier alpha value is -1.04. The monoisotopic (exact) mass is 365 g/mol. The molecule has 0 radical (unpaired) electrons. The minimum atomic E-state index is -4.48. The molecule has 0 spiro atoms. The summed E-state index contributed by atoms with van der Waals surface area (Å²) in [5, 5.41) is 2.65. The maximum absolute atomic E-state index is 12.8. The number of hydrogen-bond donors (Lipinski definition) is 1. The van der Waals surface area contributed by atoms with Gasteiger partial charge in [0.15, 0.2) is 0 Å². The van der Waals surface area contributed by atoms with Gasteiger partial charge in [-0.05, 0) is 30.5 Å². The summed E-state index contributed by atoms with van der Waals surface area (Å²) in [5.74, 6) is 0.138. The van der Waals surface area contributed by atoms with Gasteiger partial charge in [0, 0.05) is 16.6 Å². The van der Waals surface area contributed by atoms with Crippen LogP contribution in [-0.4, -0.2) is 12.5 Å². The molecule has 2 nitrogen and oxygen atoms in total. The number of carbonyl (C=O) groups is 1.